The molecule has 1 amide bonds. The zero-order valence-electron chi connectivity index (χ0n) is 11.9. The van der Waals surface area contributed by atoms with Gasteiger partial charge in [0.25, 0.3) is 5.56 Å². The Morgan fingerprint density at radius 3 is 3.05 bits per heavy atom. The van der Waals surface area contributed by atoms with Crippen molar-refractivity contribution >= 4 is 33.3 Å². The molecule has 0 saturated heterocycles. The van der Waals surface area contributed by atoms with Crippen molar-refractivity contribution in [3.05, 3.63) is 52.0 Å². The molecule has 3 aromatic rings. The number of carbonyl (C=O) groups excluding carboxylic acids is 1. The molecule has 7 heteroatoms. The summed E-state index contributed by atoms with van der Waals surface area (Å²) in [5.74, 6) is 0.333. The quantitative estimate of drug-likeness (QED) is 0.801. The minimum absolute atomic E-state index is 0.118. The maximum Gasteiger partial charge on any atom is 0.262 e. The van der Waals surface area contributed by atoms with Crippen LogP contribution in [0.5, 0.6) is 0 Å². The molecule has 1 N–H and O–H groups in total. The monoisotopic (exact) mass is 314 g/mol. The Morgan fingerprint density at radius 1 is 1.36 bits per heavy atom. The van der Waals surface area contributed by atoms with Gasteiger partial charge in [0, 0.05) is 19.2 Å². The van der Waals surface area contributed by atoms with Gasteiger partial charge in [0.2, 0.25) is 5.91 Å². The molecule has 112 valence electrons. The Balaban J connectivity index is 1.67. The number of hydrogen-bond acceptors (Lipinski definition) is 5. The summed E-state index contributed by atoms with van der Waals surface area (Å²) in [5.41, 5.74) is 0.904. The van der Waals surface area contributed by atoms with Crippen molar-refractivity contribution in [1.29, 1.82) is 0 Å². The van der Waals surface area contributed by atoms with Crippen LogP contribution >= 0.6 is 11.3 Å². The number of amides is 1. The highest BCUT2D eigenvalue weighted by Gasteiger charge is 2.08. The van der Waals surface area contributed by atoms with Crippen LogP contribution in [0, 0.1) is 6.92 Å². The average molecular weight is 314 g/mol. The lowest BCUT2D eigenvalue weighted by molar-refractivity contribution is -0.116. The summed E-state index contributed by atoms with van der Waals surface area (Å²) in [5, 5.41) is 5.14. The van der Waals surface area contributed by atoms with Gasteiger partial charge in [-0.2, -0.15) is 0 Å². The fourth-order valence-electron chi connectivity index (χ4n) is 2.08. The van der Waals surface area contributed by atoms with Crippen LogP contribution < -0.4 is 10.9 Å². The minimum atomic E-state index is -0.185. The third-order valence-electron chi connectivity index (χ3n) is 3.21. The van der Waals surface area contributed by atoms with Crippen molar-refractivity contribution in [2.45, 2.75) is 19.9 Å². The van der Waals surface area contributed by atoms with Gasteiger partial charge in [-0.1, -0.05) is 0 Å². The molecule has 0 saturated carbocycles. The lowest BCUT2D eigenvalue weighted by Crippen LogP contribution is -2.23. The van der Waals surface area contributed by atoms with Gasteiger partial charge in [-0.3, -0.25) is 14.2 Å². The van der Waals surface area contributed by atoms with Gasteiger partial charge in [0.15, 0.2) is 0 Å². The fraction of sp³-hybridized carbons (Fsp3) is 0.200. The number of hydrogen-bond donors (Lipinski definition) is 1. The van der Waals surface area contributed by atoms with Crippen LogP contribution in [-0.2, 0) is 11.3 Å². The highest BCUT2D eigenvalue weighted by molar-refractivity contribution is 7.16. The van der Waals surface area contributed by atoms with Crippen LogP contribution in [0.2, 0.25) is 0 Å². The average Bonchev–Trinajstić information content (AvgIpc) is 2.96. The topological polar surface area (TPSA) is 76.9 Å². The van der Waals surface area contributed by atoms with Crippen LogP contribution in [-0.4, -0.2) is 20.4 Å². The van der Waals surface area contributed by atoms with Crippen molar-refractivity contribution in [3.8, 4) is 0 Å². The number of pyridine rings is 1. The molecule has 0 aliphatic heterocycles. The van der Waals surface area contributed by atoms with Crippen LogP contribution in [0.15, 0.2) is 40.9 Å². The lowest BCUT2D eigenvalue weighted by atomic mass is 10.3. The van der Waals surface area contributed by atoms with Gasteiger partial charge in [0.1, 0.15) is 10.6 Å². The largest absolute Gasteiger partial charge is 0.311 e. The molecule has 0 spiro atoms. The molecule has 0 atom stereocenters. The number of anilines is 1. The van der Waals surface area contributed by atoms with E-state index in [-0.39, 0.29) is 24.4 Å². The Bertz CT molecular complexity index is 884. The van der Waals surface area contributed by atoms with Gasteiger partial charge in [-0.05, 0) is 36.1 Å². The number of aromatic nitrogens is 3. The number of thiophene rings is 1. The SMILES string of the molecule is Cc1ccnc(NC(=O)CCn2cnc3sccc3c2=O)c1. The zero-order chi connectivity index (χ0) is 15.5. The Morgan fingerprint density at radius 2 is 2.23 bits per heavy atom. The highest BCUT2D eigenvalue weighted by atomic mass is 32.1. The Hall–Kier alpha value is -2.54. The minimum Gasteiger partial charge on any atom is -0.311 e. The first-order chi connectivity index (χ1) is 10.6. The smallest absolute Gasteiger partial charge is 0.262 e. The first-order valence-electron chi connectivity index (χ1n) is 6.78. The molecule has 0 aliphatic rings. The summed E-state index contributed by atoms with van der Waals surface area (Å²) in [4.78, 5) is 33.1. The Labute approximate surface area is 130 Å². The van der Waals surface area contributed by atoms with Gasteiger partial charge in [-0.15, -0.1) is 11.3 Å². The molecule has 3 aromatic heterocycles. The molecule has 3 rings (SSSR count). The molecule has 22 heavy (non-hydrogen) atoms. The van der Waals surface area contributed by atoms with Gasteiger partial charge < -0.3 is 5.32 Å². The van der Waals surface area contributed by atoms with Gasteiger partial charge >= 0.3 is 0 Å². The van der Waals surface area contributed by atoms with Crippen LogP contribution in [0.3, 0.4) is 0 Å². The van der Waals surface area contributed by atoms with Gasteiger partial charge in [-0.25, -0.2) is 9.97 Å². The molecule has 0 aromatic carbocycles. The molecule has 0 bridgehead atoms. The second-order valence-electron chi connectivity index (χ2n) is 4.90. The van der Waals surface area contributed by atoms with E-state index >= 15 is 0 Å². The number of fused-ring (bicyclic) bond motifs is 1. The molecule has 0 unspecified atom stereocenters. The maximum absolute atomic E-state index is 12.2. The molecule has 0 radical (unpaired) electrons. The molecular formula is C15H14N4O2S. The van der Waals surface area contributed by atoms with E-state index in [0.717, 1.165) is 10.4 Å². The first kappa shape index (κ1) is 14.4. The van der Waals surface area contributed by atoms with Crippen molar-refractivity contribution in [1.82, 2.24) is 14.5 Å². The summed E-state index contributed by atoms with van der Waals surface area (Å²) in [6.45, 7) is 2.22. The van der Waals surface area contributed by atoms with E-state index in [2.05, 4.69) is 15.3 Å². The summed E-state index contributed by atoms with van der Waals surface area (Å²) in [7, 11) is 0. The van der Waals surface area contributed by atoms with E-state index in [1.807, 2.05) is 18.4 Å². The Kier molecular flexibility index (Phi) is 3.97. The number of carbonyl (C=O) groups is 1. The van der Waals surface area contributed by atoms with Gasteiger partial charge in [0.05, 0.1) is 11.7 Å². The van der Waals surface area contributed by atoms with Crippen LogP contribution in [0.4, 0.5) is 5.82 Å². The van der Waals surface area contributed by atoms with Crippen molar-refractivity contribution in [2.75, 3.05) is 5.32 Å². The van der Waals surface area contributed by atoms with E-state index < -0.39 is 0 Å². The number of rotatable bonds is 4. The number of nitrogens with zero attached hydrogens (tertiary/aromatic N) is 3. The number of aryl methyl sites for hydroxylation is 2. The third kappa shape index (κ3) is 3.04. The van der Waals surface area contributed by atoms with E-state index in [1.165, 1.54) is 22.2 Å². The normalized spacial score (nSPS) is 10.8. The second kappa shape index (κ2) is 6.07. The third-order valence-corrected chi connectivity index (χ3v) is 4.03. The van der Waals surface area contributed by atoms with E-state index in [9.17, 15) is 9.59 Å². The van der Waals surface area contributed by atoms with E-state index in [4.69, 9.17) is 0 Å². The first-order valence-corrected chi connectivity index (χ1v) is 7.66. The predicted molar refractivity (Wildman–Crippen MR) is 86.1 cm³/mol. The zero-order valence-corrected chi connectivity index (χ0v) is 12.8. The summed E-state index contributed by atoms with van der Waals surface area (Å²) in [6, 6.07) is 5.41. The van der Waals surface area contributed by atoms with Crippen LogP contribution in [0.25, 0.3) is 10.2 Å². The van der Waals surface area contributed by atoms with E-state index in [1.54, 1.807) is 18.3 Å². The molecule has 0 aliphatic carbocycles. The number of nitrogens with one attached hydrogen (secondary N) is 1. The summed E-state index contributed by atoms with van der Waals surface area (Å²) in [6.07, 6.45) is 3.32. The van der Waals surface area contributed by atoms with Crippen molar-refractivity contribution in [2.24, 2.45) is 0 Å². The molecular weight excluding hydrogens is 300 g/mol. The lowest BCUT2D eigenvalue weighted by Gasteiger charge is -2.06. The second-order valence-corrected chi connectivity index (χ2v) is 5.79. The predicted octanol–water partition coefficient (Wildman–Crippen LogP) is 2.19. The molecule has 3 heterocycles. The van der Waals surface area contributed by atoms with Crippen molar-refractivity contribution in [3.63, 3.8) is 0 Å². The maximum atomic E-state index is 12.2. The molecule has 6 nitrogen and oxygen atoms in total. The standard InChI is InChI=1S/C15H14N4O2S/c1-10-2-5-16-12(8-10)18-13(20)3-6-19-9-17-14-11(15(19)21)4-7-22-14/h2,4-5,7-9H,3,6H2,1H3,(H,16,18,20). The molecule has 0 fully saturated rings. The highest BCUT2D eigenvalue weighted by Crippen LogP contribution is 2.13. The summed E-state index contributed by atoms with van der Waals surface area (Å²) >= 11 is 1.43. The van der Waals surface area contributed by atoms with E-state index in [0.29, 0.717) is 11.2 Å². The summed E-state index contributed by atoms with van der Waals surface area (Å²) < 4.78 is 1.46. The fourth-order valence-corrected chi connectivity index (χ4v) is 2.81. The van der Waals surface area contributed by atoms with Crippen molar-refractivity contribution < 1.29 is 4.79 Å². The van der Waals surface area contributed by atoms with Crippen LogP contribution in [0.1, 0.15) is 12.0 Å².